The Bertz CT molecular complexity index is 1580. The van der Waals surface area contributed by atoms with Crippen LogP contribution < -0.4 is 9.64 Å². The van der Waals surface area contributed by atoms with E-state index < -0.39 is 18.4 Å². The third-order valence-electron chi connectivity index (χ3n) is 7.84. The van der Waals surface area contributed by atoms with Gasteiger partial charge in [0.25, 0.3) is 5.91 Å². The predicted molar refractivity (Wildman–Crippen MR) is 176 cm³/mol. The number of carbonyl (C=O) groups excluding carboxylic acids is 1. The topological polar surface area (TPSA) is 95.9 Å². The Balaban J connectivity index is 1.44. The highest BCUT2D eigenvalue weighted by atomic mass is 35.5. The Labute approximate surface area is 269 Å². The summed E-state index contributed by atoms with van der Waals surface area (Å²) >= 11 is 6.15. The molecule has 4 aromatic rings. The lowest BCUT2D eigenvalue weighted by atomic mass is 10.0. The first-order valence-electron chi connectivity index (χ1n) is 15.4. The predicted octanol–water partition coefficient (Wildman–Crippen LogP) is 7.02. The average Bonchev–Trinajstić information content (AvgIpc) is 3.53. The summed E-state index contributed by atoms with van der Waals surface area (Å²) in [5.74, 6) is 0.325. The fourth-order valence-electron chi connectivity index (χ4n) is 5.57. The van der Waals surface area contributed by atoms with E-state index in [1.165, 1.54) is 4.90 Å². The number of nitrogens with zero attached hydrogens (tertiary/aromatic N) is 4. The molecule has 2 heterocycles. The number of hydrogen-bond acceptors (Lipinski definition) is 6. The van der Waals surface area contributed by atoms with E-state index in [2.05, 4.69) is 23.7 Å². The lowest BCUT2D eigenvalue weighted by molar-refractivity contribution is -0.137. The van der Waals surface area contributed by atoms with E-state index in [-0.39, 0.29) is 12.6 Å². The fourth-order valence-corrected chi connectivity index (χ4v) is 5.69. The first-order valence-corrected chi connectivity index (χ1v) is 15.8. The molecule has 0 aliphatic carbocycles. The Kier molecular flexibility index (Phi) is 10.7. The number of amides is 1. The molecule has 45 heavy (non-hydrogen) atoms. The Morgan fingerprint density at radius 2 is 1.73 bits per heavy atom. The number of rotatable bonds is 13. The van der Waals surface area contributed by atoms with Crippen LogP contribution in [0.1, 0.15) is 65.5 Å². The minimum absolute atomic E-state index is 0.0941. The number of carbonyl (C=O) groups is 2. The fraction of sp³-hybridized carbons (Fsp3) is 0.333. The van der Waals surface area contributed by atoms with Gasteiger partial charge in [-0.1, -0.05) is 80.0 Å². The zero-order chi connectivity index (χ0) is 31.8. The van der Waals surface area contributed by atoms with Gasteiger partial charge in [-0.3, -0.25) is 9.59 Å². The number of benzene rings is 3. The van der Waals surface area contributed by atoms with E-state index in [0.717, 1.165) is 41.8 Å². The maximum atomic E-state index is 14.0. The molecular weight excluding hydrogens is 588 g/mol. The molecule has 0 spiro atoms. The van der Waals surface area contributed by atoms with Gasteiger partial charge < -0.3 is 19.6 Å². The standard InChI is InChI=1S/C36H39ClN4O4/c1-25(2)24-45-30-17-10-26(11-18-30)12-19-32-31(35(44)40(23-34(42)43)22-27-7-4-3-5-8-27)21-38-36(39-32)41-20-6-9-33(41)28-13-15-29(37)16-14-28/h3-5,7-8,10-11,13-18,21,25,33H,6,9,12,19-20,22-24H2,1-2H3,(H,42,43)/t33-/m1/s1. The van der Waals surface area contributed by atoms with Crippen molar-refractivity contribution in [2.24, 2.45) is 5.92 Å². The summed E-state index contributed by atoms with van der Waals surface area (Å²) in [5, 5.41) is 10.3. The van der Waals surface area contributed by atoms with Crippen molar-refractivity contribution >= 4 is 29.4 Å². The summed E-state index contributed by atoms with van der Waals surface area (Å²) in [6.07, 6.45) is 4.63. The van der Waals surface area contributed by atoms with Crippen molar-refractivity contribution in [3.63, 3.8) is 0 Å². The number of aliphatic carboxylic acids is 1. The highest BCUT2D eigenvalue weighted by Crippen LogP contribution is 2.35. The van der Waals surface area contributed by atoms with Gasteiger partial charge in [-0.15, -0.1) is 0 Å². The minimum atomic E-state index is -1.08. The average molecular weight is 627 g/mol. The van der Waals surface area contributed by atoms with Crippen LogP contribution in [-0.2, 0) is 24.2 Å². The van der Waals surface area contributed by atoms with Gasteiger partial charge in [-0.05, 0) is 72.6 Å². The number of aryl methyl sites for hydroxylation is 2. The molecule has 1 amide bonds. The molecule has 5 rings (SSSR count). The SMILES string of the molecule is CC(C)COc1ccc(CCc2nc(N3CCC[C@@H]3c3ccc(Cl)cc3)ncc2C(=O)N(CC(=O)O)Cc2ccccc2)cc1. The monoisotopic (exact) mass is 626 g/mol. The maximum Gasteiger partial charge on any atom is 0.323 e. The minimum Gasteiger partial charge on any atom is -0.493 e. The second-order valence-corrected chi connectivity index (χ2v) is 12.3. The Hall–Kier alpha value is -4.43. The van der Waals surface area contributed by atoms with E-state index in [4.69, 9.17) is 21.3 Å². The summed E-state index contributed by atoms with van der Waals surface area (Å²) in [6, 6.07) is 25.3. The van der Waals surface area contributed by atoms with E-state index in [1.54, 1.807) is 6.20 Å². The number of hydrogen-bond donors (Lipinski definition) is 1. The van der Waals surface area contributed by atoms with Crippen LogP contribution in [0.25, 0.3) is 0 Å². The number of anilines is 1. The summed E-state index contributed by atoms with van der Waals surface area (Å²) in [6.45, 7) is 5.39. The highest BCUT2D eigenvalue weighted by molar-refractivity contribution is 6.30. The second-order valence-electron chi connectivity index (χ2n) is 11.8. The van der Waals surface area contributed by atoms with Crippen LogP contribution in [0.2, 0.25) is 5.02 Å². The third kappa shape index (κ3) is 8.60. The van der Waals surface area contributed by atoms with Crippen LogP contribution in [-0.4, -0.2) is 51.5 Å². The van der Waals surface area contributed by atoms with Crippen LogP contribution in [0.3, 0.4) is 0 Å². The van der Waals surface area contributed by atoms with Crippen LogP contribution in [0.5, 0.6) is 5.75 Å². The zero-order valence-electron chi connectivity index (χ0n) is 25.7. The van der Waals surface area contributed by atoms with Crippen molar-refractivity contribution in [1.29, 1.82) is 0 Å². The van der Waals surface area contributed by atoms with Crippen molar-refractivity contribution in [2.45, 2.75) is 52.1 Å². The highest BCUT2D eigenvalue weighted by Gasteiger charge is 2.30. The van der Waals surface area contributed by atoms with Crippen molar-refractivity contribution in [1.82, 2.24) is 14.9 Å². The molecule has 1 aromatic heterocycles. The molecule has 8 nitrogen and oxygen atoms in total. The van der Waals surface area contributed by atoms with Crippen LogP contribution in [0.15, 0.2) is 85.1 Å². The molecular formula is C36H39ClN4O4. The molecule has 0 saturated carbocycles. The second kappa shape index (κ2) is 15.0. The largest absolute Gasteiger partial charge is 0.493 e. The summed E-state index contributed by atoms with van der Waals surface area (Å²) in [4.78, 5) is 39.0. The smallest absolute Gasteiger partial charge is 0.323 e. The van der Waals surface area contributed by atoms with Gasteiger partial charge in [0.05, 0.1) is 23.9 Å². The first-order chi connectivity index (χ1) is 21.8. The van der Waals surface area contributed by atoms with Crippen LogP contribution in [0, 0.1) is 5.92 Å². The lowest BCUT2D eigenvalue weighted by Gasteiger charge is -2.27. The van der Waals surface area contributed by atoms with Gasteiger partial charge in [0.2, 0.25) is 5.95 Å². The van der Waals surface area contributed by atoms with Crippen LogP contribution in [0.4, 0.5) is 5.95 Å². The number of halogens is 1. The van der Waals surface area contributed by atoms with Gasteiger partial charge in [0.15, 0.2) is 0 Å². The summed E-state index contributed by atoms with van der Waals surface area (Å²) in [7, 11) is 0. The molecule has 1 atom stereocenters. The van der Waals surface area contributed by atoms with E-state index in [1.807, 2.05) is 78.9 Å². The molecule has 0 radical (unpaired) electrons. The van der Waals surface area contributed by atoms with E-state index in [9.17, 15) is 14.7 Å². The molecule has 234 valence electrons. The normalized spacial score (nSPS) is 14.5. The molecule has 1 aliphatic rings. The summed E-state index contributed by atoms with van der Waals surface area (Å²) in [5.41, 5.74) is 3.97. The van der Waals surface area contributed by atoms with Gasteiger partial charge in [0.1, 0.15) is 12.3 Å². The number of ether oxygens (including phenoxy) is 1. The van der Waals surface area contributed by atoms with Crippen molar-refractivity contribution in [2.75, 3.05) is 24.6 Å². The van der Waals surface area contributed by atoms with Gasteiger partial charge in [-0.25, -0.2) is 9.97 Å². The number of aromatic nitrogens is 2. The number of carboxylic acid groups (broad SMARTS) is 1. The zero-order valence-corrected chi connectivity index (χ0v) is 26.5. The quantitative estimate of drug-likeness (QED) is 0.170. The van der Waals surface area contributed by atoms with Crippen molar-refractivity contribution in [3.05, 3.63) is 118 Å². The van der Waals surface area contributed by atoms with Crippen molar-refractivity contribution < 1.29 is 19.4 Å². The number of carboxylic acids is 1. The maximum absolute atomic E-state index is 14.0. The molecule has 0 unspecified atom stereocenters. The molecule has 3 aromatic carbocycles. The molecule has 1 saturated heterocycles. The van der Waals surface area contributed by atoms with Crippen LogP contribution >= 0.6 is 11.6 Å². The van der Waals surface area contributed by atoms with Gasteiger partial charge in [0, 0.05) is 24.3 Å². The van der Waals surface area contributed by atoms with Gasteiger partial charge in [-0.2, -0.15) is 0 Å². The Morgan fingerprint density at radius 1 is 1.00 bits per heavy atom. The van der Waals surface area contributed by atoms with E-state index in [0.29, 0.717) is 47.6 Å². The molecule has 0 bridgehead atoms. The molecule has 1 aliphatic heterocycles. The first kappa shape index (κ1) is 32.0. The van der Waals surface area contributed by atoms with Crippen molar-refractivity contribution in [3.8, 4) is 5.75 Å². The van der Waals surface area contributed by atoms with Gasteiger partial charge >= 0.3 is 5.97 Å². The molecule has 1 N–H and O–H groups in total. The summed E-state index contributed by atoms with van der Waals surface area (Å²) < 4.78 is 5.84. The third-order valence-corrected chi connectivity index (χ3v) is 8.09. The Morgan fingerprint density at radius 3 is 2.42 bits per heavy atom. The molecule has 1 fully saturated rings. The lowest BCUT2D eigenvalue weighted by Crippen LogP contribution is -2.36. The molecule has 9 heteroatoms. The van der Waals surface area contributed by atoms with E-state index >= 15 is 0 Å².